The van der Waals surface area contributed by atoms with Crippen molar-refractivity contribution in [2.24, 2.45) is 5.41 Å². The molecule has 4 nitrogen and oxygen atoms in total. The quantitative estimate of drug-likeness (QED) is 0.844. The largest absolute Gasteiger partial charge is 0.396 e. The first kappa shape index (κ1) is 14.7. The smallest absolute Gasteiger partial charge is 0.243 e. The van der Waals surface area contributed by atoms with Crippen molar-refractivity contribution in [3.8, 4) is 0 Å². The zero-order valence-corrected chi connectivity index (χ0v) is 11.8. The van der Waals surface area contributed by atoms with Crippen LogP contribution in [0, 0.1) is 11.2 Å². The van der Waals surface area contributed by atoms with Crippen molar-refractivity contribution < 1.29 is 17.9 Å². The molecule has 0 aliphatic heterocycles. The van der Waals surface area contributed by atoms with Crippen LogP contribution < -0.4 is 4.72 Å². The molecule has 0 radical (unpaired) electrons. The van der Waals surface area contributed by atoms with Crippen molar-refractivity contribution >= 4 is 21.6 Å². The van der Waals surface area contributed by atoms with Crippen LogP contribution in [0.5, 0.6) is 0 Å². The summed E-state index contributed by atoms with van der Waals surface area (Å²) in [4.78, 5) is -0.445. The molecule has 1 fully saturated rings. The summed E-state index contributed by atoms with van der Waals surface area (Å²) >= 11 is 5.57. The van der Waals surface area contributed by atoms with Crippen LogP contribution in [0.1, 0.15) is 19.3 Å². The minimum Gasteiger partial charge on any atom is -0.396 e. The van der Waals surface area contributed by atoms with Gasteiger partial charge < -0.3 is 5.11 Å². The van der Waals surface area contributed by atoms with E-state index in [9.17, 15) is 12.8 Å². The molecule has 1 aliphatic rings. The molecule has 0 amide bonds. The molecule has 2 rings (SSSR count). The van der Waals surface area contributed by atoms with Gasteiger partial charge in [0.25, 0.3) is 0 Å². The van der Waals surface area contributed by atoms with Crippen LogP contribution >= 0.6 is 11.6 Å². The highest BCUT2D eigenvalue weighted by molar-refractivity contribution is 7.89. The van der Waals surface area contributed by atoms with Crippen molar-refractivity contribution in [1.29, 1.82) is 0 Å². The lowest BCUT2D eigenvalue weighted by Crippen LogP contribution is -2.31. The number of hydrogen-bond acceptors (Lipinski definition) is 3. The van der Waals surface area contributed by atoms with Gasteiger partial charge in [0.15, 0.2) is 5.82 Å². The molecule has 1 aromatic carbocycles. The second-order valence-corrected chi connectivity index (χ2v) is 6.99. The minimum atomic E-state index is -3.92. The van der Waals surface area contributed by atoms with Gasteiger partial charge in [-0.1, -0.05) is 17.7 Å². The molecule has 0 atom stereocenters. The zero-order chi connectivity index (χ0) is 14.1. The molecule has 0 aromatic heterocycles. The third-order valence-electron chi connectivity index (χ3n) is 3.44. The van der Waals surface area contributed by atoms with Crippen molar-refractivity contribution in [3.05, 3.63) is 29.0 Å². The van der Waals surface area contributed by atoms with Gasteiger partial charge in [0.2, 0.25) is 10.0 Å². The lowest BCUT2D eigenvalue weighted by molar-refractivity contribution is 0.249. The third kappa shape index (κ3) is 3.25. The monoisotopic (exact) mass is 307 g/mol. The van der Waals surface area contributed by atoms with E-state index in [0.29, 0.717) is 6.42 Å². The molecule has 7 heteroatoms. The number of rotatable bonds is 6. The van der Waals surface area contributed by atoms with E-state index in [1.165, 1.54) is 18.2 Å². The number of sulfonamides is 1. The van der Waals surface area contributed by atoms with Gasteiger partial charge in [0.1, 0.15) is 4.90 Å². The van der Waals surface area contributed by atoms with Crippen LogP contribution in [-0.4, -0.2) is 26.7 Å². The third-order valence-corrected chi connectivity index (χ3v) is 5.15. The maximum absolute atomic E-state index is 13.7. The van der Waals surface area contributed by atoms with Crippen LogP contribution in [0.25, 0.3) is 0 Å². The lowest BCUT2D eigenvalue weighted by atomic mass is 10.0. The summed E-state index contributed by atoms with van der Waals surface area (Å²) in [6.07, 6.45) is 2.29. The second-order valence-electron chi connectivity index (χ2n) is 4.85. The van der Waals surface area contributed by atoms with E-state index in [-0.39, 0.29) is 23.6 Å². The lowest BCUT2D eigenvalue weighted by Gasteiger charge is -2.15. The highest BCUT2D eigenvalue weighted by Crippen LogP contribution is 2.48. The summed E-state index contributed by atoms with van der Waals surface area (Å²) in [5.41, 5.74) is -0.170. The van der Waals surface area contributed by atoms with Crippen molar-refractivity contribution in [1.82, 2.24) is 4.72 Å². The Morgan fingerprint density at radius 1 is 1.42 bits per heavy atom. The SMILES string of the molecule is O=S(=O)(NCC1(CCO)CC1)c1cccc(Cl)c1F. The number of nitrogens with one attached hydrogen (secondary N) is 1. The first-order valence-electron chi connectivity index (χ1n) is 5.95. The van der Waals surface area contributed by atoms with E-state index in [2.05, 4.69) is 4.72 Å². The molecule has 1 aliphatic carbocycles. The van der Waals surface area contributed by atoms with Gasteiger partial charge in [-0.2, -0.15) is 0 Å². The molecule has 1 saturated carbocycles. The van der Waals surface area contributed by atoms with E-state index in [0.717, 1.165) is 12.8 Å². The molecule has 19 heavy (non-hydrogen) atoms. The average molecular weight is 308 g/mol. The molecular weight excluding hydrogens is 293 g/mol. The van der Waals surface area contributed by atoms with Crippen molar-refractivity contribution in [3.63, 3.8) is 0 Å². The van der Waals surface area contributed by atoms with Gasteiger partial charge in [-0.05, 0) is 36.8 Å². The zero-order valence-electron chi connectivity index (χ0n) is 10.2. The Bertz CT molecular complexity index is 572. The summed E-state index contributed by atoms with van der Waals surface area (Å²) in [6.45, 7) is 0.231. The fourth-order valence-corrected chi connectivity index (χ4v) is 3.43. The molecule has 1 aromatic rings. The fraction of sp³-hybridized carbons (Fsp3) is 0.500. The number of hydrogen-bond donors (Lipinski definition) is 2. The molecule has 2 N–H and O–H groups in total. The summed E-state index contributed by atoms with van der Waals surface area (Å²) < 4.78 is 40.1. The van der Waals surface area contributed by atoms with Gasteiger partial charge in [-0.15, -0.1) is 0 Å². The van der Waals surface area contributed by atoms with Gasteiger partial charge in [0, 0.05) is 13.2 Å². The van der Waals surface area contributed by atoms with Gasteiger partial charge in [-0.25, -0.2) is 17.5 Å². The van der Waals surface area contributed by atoms with Crippen LogP contribution in [-0.2, 0) is 10.0 Å². The van der Waals surface area contributed by atoms with E-state index in [4.69, 9.17) is 16.7 Å². The summed E-state index contributed by atoms with van der Waals surface area (Å²) in [5, 5.41) is 8.69. The summed E-state index contributed by atoms with van der Waals surface area (Å²) in [5.74, 6) is -0.941. The van der Waals surface area contributed by atoms with Crippen LogP contribution in [0.2, 0.25) is 5.02 Å². The standard InChI is InChI=1S/C12H15ClFNO3S/c13-9-2-1-3-10(11(9)14)19(17,18)15-8-12(4-5-12)6-7-16/h1-3,15-16H,4-8H2. The van der Waals surface area contributed by atoms with Gasteiger partial charge in [0.05, 0.1) is 5.02 Å². The Morgan fingerprint density at radius 2 is 2.11 bits per heavy atom. The number of aliphatic hydroxyl groups is 1. The molecular formula is C12H15ClFNO3S. The second kappa shape index (κ2) is 5.36. The predicted octanol–water partition coefficient (Wildman–Crippen LogP) is 1.92. The Hall–Kier alpha value is -0.690. The average Bonchev–Trinajstić information content (AvgIpc) is 3.11. The van der Waals surface area contributed by atoms with Crippen LogP contribution in [0.4, 0.5) is 4.39 Å². The minimum absolute atomic E-state index is 0.0211. The molecule has 0 bridgehead atoms. The molecule has 0 unspecified atom stereocenters. The number of aliphatic hydroxyl groups excluding tert-OH is 1. The normalized spacial score (nSPS) is 17.4. The first-order chi connectivity index (χ1) is 8.90. The Balaban J connectivity index is 2.13. The van der Waals surface area contributed by atoms with Gasteiger partial charge in [-0.3, -0.25) is 0 Å². The summed E-state index contributed by atoms with van der Waals surface area (Å²) in [6, 6.07) is 3.86. The highest BCUT2D eigenvalue weighted by atomic mass is 35.5. The predicted molar refractivity (Wildman–Crippen MR) is 70.0 cm³/mol. The first-order valence-corrected chi connectivity index (χ1v) is 7.81. The Labute approximate surface area is 116 Å². The van der Waals surface area contributed by atoms with Crippen LogP contribution in [0.15, 0.2) is 23.1 Å². The maximum atomic E-state index is 13.7. The van der Waals surface area contributed by atoms with Crippen molar-refractivity contribution in [2.75, 3.05) is 13.2 Å². The highest BCUT2D eigenvalue weighted by Gasteiger charge is 2.42. The summed E-state index contributed by atoms with van der Waals surface area (Å²) in [7, 11) is -3.92. The van der Waals surface area contributed by atoms with Gasteiger partial charge >= 0.3 is 0 Å². The fourth-order valence-electron chi connectivity index (χ4n) is 1.95. The van der Waals surface area contributed by atoms with Crippen LogP contribution in [0.3, 0.4) is 0 Å². The topological polar surface area (TPSA) is 66.4 Å². The van der Waals surface area contributed by atoms with E-state index in [1.807, 2.05) is 0 Å². The van der Waals surface area contributed by atoms with E-state index >= 15 is 0 Å². The Kier molecular flexibility index (Phi) is 4.15. The van der Waals surface area contributed by atoms with E-state index < -0.39 is 20.7 Å². The number of benzene rings is 1. The molecule has 0 spiro atoms. The molecule has 0 saturated heterocycles. The van der Waals surface area contributed by atoms with E-state index in [1.54, 1.807) is 0 Å². The Morgan fingerprint density at radius 3 is 2.68 bits per heavy atom. The molecule has 0 heterocycles. The number of halogens is 2. The maximum Gasteiger partial charge on any atom is 0.243 e. The molecule has 106 valence electrons. The van der Waals surface area contributed by atoms with Crippen molar-refractivity contribution in [2.45, 2.75) is 24.2 Å².